The van der Waals surface area contributed by atoms with Gasteiger partial charge in [-0.15, -0.1) is 0 Å². The number of ether oxygens (including phenoxy) is 1. The average Bonchev–Trinajstić information content (AvgIpc) is 3.09. The fourth-order valence-corrected chi connectivity index (χ4v) is 4.31. The monoisotopic (exact) mass is 534 g/mol. The van der Waals surface area contributed by atoms with Gasteiger partial charge in [-0.05, 0) is 65.9 Å². The molecular formula is C28H27BrN2O4. The maximum Gasteiger partial charge on any atom is 0.295 e. The van der Waals surface area contributed by atoms with Gasteiger partial charge in [-0.1, -0.05) is 48.0 Å². The van der Waals surface area contributed by atoms with Crippen LogP contribution >= 0.6 is 15.9 Å². The van der Waals surface area contributed by atoms with E-state index in [0.717, 1.165) is 15.6 Å². The number of aliphatic hydroxyl groups excluding tert-OH is 1. The zero-order valence-electron chi connectivity index (χ0n) is 19.9. The first-order valence-electron chi connectivity index (χ1n) is 11.4. The van der Waals surface area contributed by atoms with Gasteiger partial charge in [0.2, 0.25) is 0 Å². The molecule has 0 saturated carbocycles. The van der Waals surface area contributed by atoms with Gasteiger partial charge in [0, 0.05) is 29.0 Å². The fraction of sp³-hybridized carbons (Fsp3) is 0.250. The predicted molar refractivity (Wildman–Crippen MR) is 138 cm³/mol. The molecule has 1 aliphatic heterocycles. The molecule has 1 aromatic heterocycles. The highest BCUT2D eigenvalue weighted by molar-refractivity contribution is 9.10. The van der Waals surface area contributed by atoms with Crippen molar-refractivity contribution in [3.63, 3.8) is 0 Å². The molecule has 1 fully saturated rings. The number of nitrogens with zero attached hydrogens (tertiary/aromatic N) is 2. The summed E-state index contributed by atoms with van der Waals surface area (Å²) in [5.41, 5.74) is 2.96. The molecule has 1 unspecified atom stereocenters. The van der Waals surface area contributed by atoms with Crippen LogP contribution in [0.25, 0.3) is 5.76 Å². The maximum atomic E-state index is 13.3. The van der Waals surface area contributed by atoms with Crippen LogP contribution in [0.2, 0.25) is 0 Å². The Labute approximate surface area is 213 Å². The molecule has 35 heavy (non-hydrogen) atoms. The fourth-order valence-electron chi connectivity index (χ4n) is 4.06. The van der Waals surface area contributed by atoms with E-state index in [1.807, 2.05) is 37.3 Å². The Bertz CT molecular complexity index is 1290. The molecule has 3 aromatic rings. The highest BCUT2D eigenvalue weighted by Crippen LogP contribution is 2.41. The van der Waals surface area contributed by atoms with E-state index in [9.17, 15) is 14.7 Å². The summed E-state index contributed by atoms with van der Waals surface area (Å²) in [6, 6.07) is 15.5. The number of carbonyl (C=O) groups is 2. The number of aromatic nitrogens is 1. The highest BCUT2D eigenvalue weighted by atomic mass is 79.9. The van der Waals surface area contributed by atoms with E-state index in [1.54, 1.807) is 36.7 Å². The van der Waals surface area contributed by atoms with Crippen LogP contribution in [0.5, 0.6) is 5.75 Å². The van der Waals surface area contributed by atoms with Crippen LogP contribution < -0.4 is 4.74 Å². The molecule has 1 amide bonds. The predicted octanol–water partition coefficient (Wildman–Crippen LogP) is 5.81. The van der Waals surface area contributed by atoms with Gasteiger partial charge in [-0.2, -0.15) is 0 Å². The van der Waals surface area contributed by atoms with E-state index >= 15 is 0 Å². The third kappa shape index (κ3) is 5.30. The number of aryl methyl sites for hydroxylation is 1. The van der Waals surface area contributed by atoms with Gasteiger partial charge in [0.05, 0.1) is 18.2 Å². The van der Waals surface area contributed by atoms with Crippen LogP contribution in [0.3, 0.4) is 0 Å². The van der Waals surface area contributed by atoms with E-state index < -0.39 is 17.7 Å². The number of amides is 1. The van der Waals surface area contributed by atoms with E-state index in [2.05, 4.69) is 34.8 Å². The van der Waals surface area contributed by atoms with Crippen molar-refractivity contribution in [1.29, 1.82) is 0 Å². The molecule has 1 saturated heterocycles. The second-order valence-electron chi connectivity index (χ2n) is 9.02. The number of rotatable bonds is 7. The second kappa shape index (κ2) is 10.4. The highest BCUT2D eigenvalue weighted by Gasteiger charge is 2.46. The van der Waals surface area contributed by atoms with E-state index in [0.29, 0.717) is 29.4 Å². The molecule has 1 atom stereocenters. The van der Waals surface area contributed by atoms with Gasteiger partial charge in [0.25, 0.3) is 11.7 Å². The number of hydrogen-bond acceptors (Lipinski definition) is 5. The van der Waals surface area contributed by atoms with Gasteiger partial charge in [0.15, 0.2) is 0 Å². The summed E-state index contributed by atoms with van der Waals surface area (Å²) < 4.78 is 6.79. The quantitative estimate of drug-likeness (QED) is 0.235. The summed E-state index contributed by atoms with van der Waals surface area (Å²) in [4.78, 5) is 32.1. The number of carbonyl (C=O) groups excluding carboxylic acids is 2. The smallest absolute Gasteiger partial charge is 0.295 e. The zero-order valence-corrected chi connectivity index (χ0v) is 21.5. The van der Waals surface area contributed by atoms with Crippen molar-refractivity contribution in [3.8, 4) is 5.75 Å². The number of ketones is 1. The number of hydrogen-bond donors (Lipinski definition) is 1. The van der Waals surface area contributed by atoms with Crippen molar-refractivity contribution in [1.82, 2.24) is 9.88 Å². The summed E-state index contributed by atoms with van der Waals surface area (Å²) in [5.74, 6) is -0.581. The number of Topliss-reactive ketones (excluding diaryl/α,β-unsaturated/α-hetero) is 1. The van der Waals surface area contributed by atoms with Crippen LogP contribution in [0, 0.1) is 12.8 Å². The van der Waals surface area contributed by atoms with Crippen molar-refractivity contribution < 1.29 is 19.4 Å². The van der Waals surface area contributed by atoms with E-state index in [-0.39, 0.29) is 17.9 Å². The molecule has 2 heterocycles. The minimum absolute atomic E-state index is 0.0618. The number of halogens is 1. The topological polar surface area (TPSA) is 79.7 Å². The van der Waals surface area contributed by atoms with Crippen molar-refractivity contribution in [2.75, 3.05) is 6.61 Å². The zero-order chi connectivity index (χ0) is 25.1. The van der Waals surface area contributed by atoms with E-state index in [4.69, 9.17) is 4.74 Å². The largest absolute Gasteiger partial charge is 0.507 e. The SMILES string of the molecule is Cc1cc(/C(O)=C2/C(=O)C(=O)N(Cc3ccncc3)C2c2cccc(OCC(C)C)c2)ccc1Br. The average molecular weight is 535 g/mol. The molecule has 0 spiro atoms. The van der Waals surface area contributed by atoms with E-state index in [1.165, 1.54) is 4.90 Å². The third-order valence-electron chi connectivity index (χ3n) is 5.83. The third-order valence-corrected chi connectivity index (χ3v) is 6.72. The molecule has 0 aliphatic carbocycles. The molecule has 0 bridgehead atoms. The summed E-state index contributed by atoms with van der Waals surface area (Å²) in [5, 5.41) is 11.3. The first-order chi connectivity index (χ1) is 16.8. The number of aliphatic hydroxyl groups is 1. The Hall–Kier alpha value is -3.45. The van der Waals surface area contributed by atoms with Crippen LogP contribution in [-0.4, -0.2) is 33.3 Å². The maximum absolute atomic E-state index is 13.3. The van der Waals surface area contributed by atoms with Gasteiger partial charge < -0.3 is 14.7 Å². The summed E-state index contributed by atoms with van der Waals surface area (Å²) >= 11 is 3.47. The lowest BCUT2D eigenvalue weighted by Gasteiger charge is -2.26. The minimum atomic E-state index is -0.769. The molecule has 180 valence electrons. The van der Waals surface area contributed by atoms with Gasteiger partial charge >= 0.3 is 0 Å². The summed E-state index contributed by atoms with van der Waals surface area (Å²) in [6.45, 7) is 6.76. The first kappa shape index (κ1) is 24.7. The number of pyridine rings is 1. The molecule has 4 rings (SSSR count). The molecule has 1 aliphatic rings. The normalized spacial score (nSPS) is 17.3. The molecule has 0 radical (unpaired) electrons. The van der Waals surface area contributed by atoms with Gasteiger partial charge in [0.1, 0.15) is 11.5 Å². The second-order valence-corrected chi connectivity index (χ2v) is 9.88. The van der Waals surface area contributed by atoms with Gasteiger partial charge in [-0.3, -0.25) is 14.6 Å². The first-order valence-corrected chi connectivity index (χ1v) is 12.2. The molecular weight excluding hydrogens is 508 g/mol. The van der Waals surface area contributed by atoms with Crippen molar-refractivity contribution in [3.05, 3.63) is 99.3 Å². The summed E-state index contributed by atoms with van der Waals surface area (Å²) in [6.07, 6.45) is 3.29. The van der Waals surface area contributed by atoms with Crippen molar-refractivity contribution in [2.24, 2.45) is 5.92 Å². The van der Waals surface area contributed by atoms with Crippen LogP contribution in [0.15, 0.2) is 77.0 Å². The molecule has 7 heteroatoms. The lowest BCUT2D eigenvalue weighted by molar-refractivity contribution is -0.140. The Morgan fingerprint density at radius 1 is 1.11 bits per heavy atom. The minimum Gasteiger partial charge on any atom is -0.507 e. The van der Waals surface area contributed by atoms with Crippen LogP contribution in [0.4, 0.5) is 0 Å². The Morgan fingerprint density at radius 3 is 2.54 bits per heavy atom. The molecule has 6 nitrogen and oxygen atoms in total. The summed E-state index contributed by atoms with van der Waals surface area (Å²) in [7, 11) is 0. The number of benzene rings is 2. The van der Waals surface area contributed by atoms with Crippen LogP contribution in [-0.2, 0) is 16.1 Å². The Morgan fingerprint density at radius 2 is 1.86 bits per heavy atom. The Kier molecular flexibility index (Phi) is 7.36. The lowest BCUT2D eigenvalue weighted by Crippen LogP contribution is -2.29. The van der Waals surface area contributed by atoms with Crippen molar-refractivity contribution >= 4 is 33.4 Å². The molecule has 1 N–H and O–H groups in total. The van der Waals surface area contributed by atoms with Gasteiger partial charge in [-0.25, -0.2) is 0 Å². The Balaban J connectivity index is 1.84. The lowest BCUT2D eigenvalue weighted by atomic mass is 9.94. The standard InChI is InChI=1S/C28H27BrN2O4/c1-17(2)16-35-22-6-4-5-20(14-22)25-24(26(32)21-7-8-23(29)18(3)13-21)27(33)28(34)31(25)15-19-9-11-30-12-10-19/h4-14,17,25,32H,15-16H2,1-3H3/b26-24-. The van der Waals surface area contributed by atoms with Crippen LogP contribution in [0.1, 0.15) is 42.1 Å². The number of likely N-dealkylation sites (tertiary alicyclic amines) is 1. The molecule has 2 aromatic carbocycles. The van der Waals surface area contributed by atoms with Crippen molar-refractivity contribution in [2.45, 2.75) is 33.4 Å².